The second-order valence-electron chi connectivity index (χ2n) is 5.77. The predicted octanol–water partition coefficient (Wildman–Crippen LogP) is 1.97. The fourth-order valence-electron chi connectivity index (χ4n) is 2.69. The SMILES string of the molecule is COc1ccc2nnc(CCCC(=O)Nc3nc4ccccc4[nH]3)n2n1. The molecule has 0 atom stereocenters. The summed E-state index contributed by atoms with van der Waals surface area (Å²) < 4.78 is 6.75. The van der Waals surface area contributed by atoms with Crippen LogP contribution >= 0.6 is 0 Å². The summed E-state index contributed by atoms with van der Waals surface area (Å²) in [5, 5.41) is 15.3. The van der Waals surface area contributed by atoms with Gasteiger partial charge in [-0.3, -0.25) is 10.1 Å². The molecule has 0 saturated heterocycles. The first-order valence-corrected chi connectivity index (χ1v) is 8.23. The van der Waals surface area contributed by atoms with Gasteiger partial charge in [-0.05, 0) is 24.6 Å². The van der Waals surface area contributed by atoms with E-state index in [4.69, 9.17) is 4.74 Å². The van der Waals surface area contributed by atoms with Gasteiger partial charge in [-0.1, -0.05) is 12.1 Å². The average molecular weight is 351 g/mol. The lowest BCUT2D eigenvalue weighted by Gasteiger charge is -2.02. The highest BCUT2D eigenvalue weighted by molar-refractivity contribution is 5.91. The van der Waals surface area contributed by atoms with E-state index in [1.807, 2.05) is 24.3 Å². The Labute approximate surface area is 148 Å². The molecule has 3 heterocycles. The number of carbonyl (C=O) groups is 1. The van der Waals surface area contributed by atoms with Crippen LogP contribution < -0.4 is 10.1 Å². The Bertz CT molecular complexity index is 1040. The molecule has 0 spiro atoms. The number of ether oxygens (including phenoxy) is 1. The number of H-pyrrole nitrogens is 1. The fourth-order valence-corrected chi connectivity index (χ4v) is 2.69. The van der Waals surface area contributed by atoms with Crippen molar-refractivity contribution in [1.29, 1.82) is 0 Å². The first-order chi connectivity index (χ1) is 12.7. The summed E-state index contributed by atoms with van der Waals surface area (Å²) in [6, 6.07) is 11.1. The second kappa shape index (κ2) is 6.79. The maximum Gasteiger partial charge on any atom is 0.231 e. The molecule has 1 aromatic carbocycles. The molecule has 3 aromatic heterocycles. The zero-order valence-electron chi connectivity index (χ0n) is 14.1. The summed E-state index contributed by atoms with van der Waals surface area (Å²) in [5.41, 5.74) is 2.35. The number of hydrogen-bond acceptors (Lipinski definition) is 6. The van der Waals surface area contributed by atoms with Crippen LogP contribution in [0.5, 0.6) is 5.88 Å². The number of para-hydroxylation sites is 2. The van der Waals surface area contributed by atoms with Gasteiger partial charge in [0.1, 0.15) is 0 Å². The molecule has 0 bridgehead atoms. The van der Waals surface area contributed by atoms with Crippen LogP contribution in [-0.2, 0) is 11.2 Å². The number of aromatic amines is 1. The van der Waals surface area contributed by atoms with Crippen molar-refractivity contribution in [2.75, 3.05) is 12.4 Å². The van der Waals surface area contributed by atoms with Crippen molar-refractivity contribution in [1.82, 2.24) is 29.8 Å². The van der Waals surface area contributed by atoms with E-state index in [-0.39, 0.29) is 5.91 Å². The van der Waals surface area contributed by atoms with E-state index in [0.717, 1.165) is 11.0 Å². The van der Waals surface area contributed by atoms with Gasteiger partial charge in [0.05, 0.1) is 18.1 Å². The summed E-state index contributed by atoms with van der Waals surface area (Å²) in [7, 11) is 1.56. The van der Waals surface area contributed by atoms with E-state index in [2.05, 4.69) is 30.6 Å². The van der Waals surface area contributed by atoms with Crippen molar-refractivity contribution < 1.29 is 9.53 Å². The zero-order chi connectivity index (χ0) is 17.9. The van der Waals surface area contributed by atoms with Gasteiger partial charge in [0, 0.05) is 18.9 Å². The highest BCUT2D eigenvalue weighted by atomic mass is 16.5. The molecule has 0 radical (unpaired) electrons. The van der Waals surface area contributed by atoms with E-state index in [9.17, 15) is 4.79 Å². The Hall–Kier alpha value is -3.49. The molecule has 0 saturated carbocycles. The van der Waals surface area contributed by atoms with Crippen LogP contribution in [0, 0.1) is 0 Å². The van der Waals surface area contributed by atoms with Crippen LogP contribution in [0.1, 0.15) is 18.7 Å². The van der Waals surface area contributed by atoms with Gasteiger partial charge in [0.15, 0.2) is 11.5 Å². The number of hydrogen-bond donors (Lipinski definition) is 2. The lowest BCUT2D eigenvalue weighted by molar-refractivity contribution is -0.116. The molecular weight excluding hydrogens is 334 g/mol. The maximum absolute atomic E-state index is 12.1. The molecule has 4 rings (SSSR count). The third-order valence-corrected chi connectivity index (χ3v) is 3.96. The number of methoxy groups -OCH3 is 1. The lowest BCUT2D eigenvalue weighted by atomic mass is 10.2. The molecular formula is C17H17N7O2. The summed E-state index contributed by atoms with van der Waals surface area (Å²) in [6.07, 6.45) is 1.54. The number of nitrogens with one attached hydrogen (secondary N) is 2. The molecule has 4 aromatic rings. The minimum atomic E-state index is -0.108. The number of carbonyl (C=O) groups excluding carboxylic acids is 1. The van der Waals surface area contributed by atoms with Gasteiger partial charge >= 0.3 is 0 Å². The van der Waals surface area contributed by atoms with Crippen LogP contribution in [0.2, 0.25) is 0 Å². The number of rotatable bonds is 6. The molecule has 9 nitrogen and oxygen atoms in total. The monoisotopic (exact) mass is 351 g/mol. The van der Waals surface area contributed by atoms with Gasteiger partial charge in [-0.15, -0.1) is 15.3 Å². The number of benzene rings is 1. The van der Waals surface area contributed by atoms with Gasteiger partial charge in [0.2, 0.25) is 17.7 Å². The Kier molecular flexibility index (Phi) is 4.18. The lowest BCUT2D eigenvalue weighted by Crippen LogP contribution is -2.13. The first-order valence-electron chi connectivity index (χ1n) is 8.23. The average Bonchev–Trinajstić information content (AvgIpc) is 3.24. The van der Waals surface area contributed by atoms with Crippen LogP contribution in [0.25, 0.3) is 16.7 Å². The Morgan fingerprint density at radius 1 is 1.23 bits per heavy atom. The molecule has 26 heavy (non-hydrogen) atoms. The molecule has 132 valence electrons. The highest BCUT2D eigenvalue weighted by Gasteiger charge is 2.10. The van der Waals surface area contributed by atoms with Gasteiger partial charge in [-0.2, -0.15) is 4.52 Å². The van der Waals surface area contributed by atoms with E-state index >= 15 is 0 Å². The molecule has 0 unspecified atom stereocenters. The third kappa shape index (κ3) is 3.18. The number of anilines is 1. The van der Waals surface area contributed by atoms with Crippen molar-refractivity contribution in [2.45, 2.75) is 19.3 Å². The Morgan fingerprint density at radius 2 is 2.12 bits per heavy atom. The van der Waals surface area contributed by atoms with E-state index in [1.54, 1.807) is 23.8 Å². The predicted molar refractivity (Wildman–Crippen MR) is 95.0 cm³/mol. The number of amides is 1. The number of imidazole rings is 1. The Balaban J connectivity index is 1.36. The van der Waals surface area contributed by atoms with Crippen molar-refractivity contribution in [3.05, 3.63) is 42.2 Å². The summed E-state index contributed by atoms with van der Waals surface area (Å²) in [5.74, 6) is 1.52. The van der Waals surface area contributed by atoms with Crippen molar-refractivity contribution >= 4 is 28.5 Å². The minimum Gasteiger partial charge on any atom is -0.480 e. The second-order valence-corrected chi connectivity index (χ2v) is 5.77. The molecule has 0 fully saturated rings. The summed E-state index contributed by atoms with van der Waals surface area (Å²) in [4.78, 5) is 19.5. The van der Waals surface area contributed by atoms with Gasteiger partial charge < -0.3 is 9.72 Å². The van der Waals surface area contributed by atoms with Gasteiger partial charge in [0.25, 0.3) is 0 Å². The molecule has 2 N–H and O–H groups in total. The third-order valence-electron chi connectivity index (χ3n) is 3.96. The van der Waals surface area contributed by atoms with Crippen molar-refractivity contribution in [3.8, 4) is 5.88 Å². The highest BCUT2D eigenvalue weighted by Crippen LogP contribution is 2.14. The first kappa shape index (κ1) is 16.0. The standard InChI is InChI=1S/C17H17N7O2/c1-26-16-10-9-14-22-21-13(24(14)23-16)7-4-8-15(25)20-17-18-11-5-2-3-6-12(11)19-17/h2-3,5-6,9-10H,4,7-8H2,1H3,(H2,18,19,20,25). The zero-order valence-corrected chi connectivity index (χ0v) is 14.1. The molecule has 1 amide bonds. The quantitative estimate of drug-likeness (QED) is 0.549. The van der Waals surface area contributed by atoms with E-state index < -0.39 is 0 Å². The van der Waals surface area contributed by atoms with Crippen LogP contribution in [0.15, 0.2) is 36.4 Å². The Morgan fingerprint density at radius 3 is 2.96 bits per heavy atom. The normalized spacial score (nSPS) is 11.1. The van der Waals surface area contributed by atoms with Crippen LogP contribution in [-0.4, -0.2) is 42.8 Å². The number of fused-ring (bicyclic) bond motifs is 2. The maximum atomic E-state index is 12.1. The molecule has 0 aliphatic heterocycles. The summed E-state index contributed by atoms with van der Waals surface area (Å²) in [6.45, 7) is 0. The molecule has 0 aliphatic rings. The smallest absolute Gasteiger partial charge is 0.231 e. The van der Waals surface area contributed by atoms with E-state index in [0.29, 0.717) is 42.6 Å². The van der Waals surface area contributed by atoms with Crippen LogP contribution in [0.4, 0.5) is 5.95 Å². The fraction of sp³-hybridized carbons (Fsp3) is 0.235. The number of aromatic nitrogens is 6. The molecule has 9 heteroatoms. The van der Waals surface area contributed by atoms with E-state index in [1.165, 1.54) is 0 Å². The van der Waals surface area contributed by atoms with Crippen molar-refractivity contribution in [3.63, 3.8) is 0 Å². The van der Waals surface area contributed by atoms with Crippen LogP contribution in [0.3, 0.4) is 0 Å². The van der Waals surface area contributed by atoms with Gasteiger partial charge in [-0.25, -0.2) is 4.98 Å². The topological polar surface area (TPSA) is 110 Å². The van der Waals surface area contributed by atoms with Crippen molar-refractivity contribution in [2.24, 2.45) is 0 Å². The number of nitrogens with zero attached hydrogens (tertiary/aromatic N) is 5. The number of aryl methyl sites for hydroxylation is 1. The largest absolute Gasteiger partial charge is 0.480 e. The minimum absolute atomic E-state index is 0.108. The molecule has 0 aliphatic carbocycles. The summed E-state index contributed by atoms with van der Waals surface area (Å²) >= 11 is 0.